The lowest BCUT2D eigenvalue weighted by Gasteiger charge is -2.03. The van der Waals surface area contributed by atoms with Crippen molar-refractivity contribution < 1.29 is 12.8 Å². The van der Waals surface area contributed by atoms with E-state index in [4.69, 9.17) is 27.6 Å². The van der Waals surface area contributed by atoms with Crippen molar-refractivity contribution in [1.29, 1.82) is 0 Å². The molecule has 118 valence electrons. The summed E-state index contributed by atoms with van der Waals surface area (Å²) in [5.41, 5.74) is 0.948. The van der Waals surface area contributed by atoms with E-state index in [2.05, 4.69) is 10.2 Å². The van der Waals surface area contributed by atoms with Gasteiger partial charge in [0, 0.05) is 11.8 Å². The van der Waals surface area contributed by atoms with Crippen molar-refractivity contribution in [2.24, 2.45) is 0 Å². The molecular weight excluding hydrogens is 359 g/mol. The van der Waals surface area contributed by atoms with Crippen LogP contribution in [0.5, 0.6) is 0 Å². The highest BCUT2D eigenvalue weighted by atomic mass is 35.5. The normalized spacial score (nSPS) is 11.6. The lowest BCUT2D eigenvalue weighted by atomic mass is 10.2. The summed E-state index contributed by atoms with van der Waals surface area (Å²) in [6.07, 6.45) is 1.13. The zero-order chi connectivity index (χ0) is 16.6. The second-order valence-corrected chi connectivity index (χ2v) is 7.61. The zero-order valence-corrected chi connectivity index (χ0v) is 14.2. The summed E-state index contributed by atoms with van der Waals surface area (Å²) in [6, 6.07) is 11.4. The van der Waals surface area contributed by atoms with Gasteiger partial charge in [0.05, 0.1) is 20.5 Å². The summed E-state index contributed by atoms with van der Waals surface area (Å²) < 4.78 is 29.3. The maximum absolute atomic E-state index is 11.9. The molecule has 0 atom stereocenters. The van der Waals surface area contributed by atoms with Crippen LogP contribution < -0.4 is 0 Å². The molecule has 0 unspecified atom stereocenters. The van der Waals surface area contributed by atoms with Gasteiger partial charge >= 0.3 is 0 Å². The van der Waals surface area contributed by atoms with Crippen molar-refractivity contribution in [3.8, 4) is 22.9 Å². The first-order chi connectivity index (χ1) is 10.9. The predicted octanol–water partition coefficient (Wildman–Crippen LogP) is 4.11. The molecule has 1 heterocycles. The van der Waals surface area contributed by atoms with Gasteiger partial charge < -0.3 is 4.42 Å². The van der Waals surface area contributed by atoms with Crippen LogP contribution in [0.4, 0.5) is 0 Å². The number of hydrogen-bond donors (Lipinski definition) is 0. The van der Waals surface area contributed by atoms with Crippen molar-refractivity contribution in [1.82, 2.24) is 10.2 Å². The molecule has 0 N–H and O–H groups in total. The molecule has 0 aliphatic rings. The van der Waals surface area contributed by atoms with Crippen molar-refractivity contribution in [3.05, 3.63) is 52.5 Å². The van der Waals surface area contributed by atoms with Crippen molar-refractivity contribution in [2.45, 2.75) is 4.90 Å². The smallest absolute Gasteiger partial charge is 0.249 e. The molecule has 0 radical (unpaired) electrons. The number of nitrogens with zero attached hydrogens (tertiary/aromatic N) is 2. The summed E-state index contributed by atoms with van der Waals surface area (Å²) in [7, 11) is -3.42. The second-order valence-electron chi connectivity index (χ2n) is 4.81. The minimum absolute atomic E-state index is 0.118. The number of hydrogen-bond acceptors (Lipinski definition) is 5. The minimum Gasteiger partial charge on any atom is -0.416 e. The lowest BCUT2D eigenvalue weighted by Crippen LogP contribution is -1.99. The average molecular weight is 369 g/mol. The number of halogens is 2. The third-order valence-corrected chi connectivity index (χ3v) is 5.00. The SMILES string of the molecule is CS(=O)(=O)c1ccccc1-c1nnc(-c2ccc(Cl)c(Cl)c2)o1. The molecule has 5 nitrogen and oxygen atoms in total. The minimum atomic E-state index is -3.42. The quantitative estimate of drug-likeness (QED) is 0.695. The number of sulfone groups is 1. The van der Waals surface area contributed by atoms with E-state index in [1.54, 1.807) is 36.4 Å². The van der Waals surface area contributed by atoms with Crippen LogP contribution in [0.1, 0.15) is 0 Å². The van der Waals surface area contributed by atoms with Gasteiger partial charge in [-0.25, -0.2) is 8.42 Å². The molecule has 0 saturated carbocycles. The van der Waals surface area contributed by atoms with Crippen molar-refractivity contribution >= 4 is 33.0 Å². The fourth-order valence-corrected chi connectivity index (χ4v) is 3.22. The molecule has 0 aliphatic heterocycles. The van der Waals surface area contributed by atoms with Gasteiger partial charge in [-0.15, -0.1) is 10.2 Å². The Kier molecular flexibility index (Phi) is 4.14. The molecule has 0 saturated heterocycles. The Bertz CT molecular complexity index is 984. The average Bonchev–Trinajstić information content (AvgIpc) is 2.99. The molecule has 23 heavy (non-hydrogen) atoms. The molecule has 8 heteroatoms. The van der Waals surface area contributed by atoms with E-state index in [1.807, 2.05) is 0 Å². The van der Waals surface area contributed by atoms with Crippen LogP contribution >= 0.6 is 23.2 Å². The zero-order valence-electron chi connectivity index (χ0n) is 11.8. The van der Waals surface area contributed by atoms with Crippen LogP contribution in [0.3, 0.4) is 0 Å². The Morgan fingerprint density at radius 1 is 0.957 bits per heavy atom. The van der Waals surface area contributed by atoms with Crippen LogP contribution in [0.25, 0.3) is 22.9 Å². The molecule has 0 aliphatic carbocycles. The lowest BCUT2D eigenvalue weighted by molar-refractivity contribution is 0.580. The van der Waals surface area contributed by atoms with Crippen LogP contribution in [0.2, 0.25) is 10.0 Å². The monoisotopic (exact) mass is 368 g/mol. The Hall–Kier alpha value is -1.89. The van der Waals surface area contributed by atoms with E-state index in [0.717, 1.165) is 6.26 Å². The van der Waals surface area contributed by atoms with E-state index in [-0.39, 0.29) is 16.7 Å². The third kappa shape index (κ3) is 3.24. The van der Waals surface area contributed by atoms with Crippen LogP contribution in [-0.2, 0) is 9.84 Å². The summed E-state index contributed by atoms with van der Waals surface area (Å²) in [5.74, 6) is 0.342. The van der Waals surface area contributed by atoms with E-state index in [1.165, 1.54) is 6.07 Å². The fourth-order valence-electron chi connectivity index (χ4n) is 2.04. The van der Waals surface area contributed by atoms with Gasteiger partial charge in [-0.1, -0.05) is 35.3 Å². The number of aromatic nitrogens is 2. The second kappa shape index (κ2) is 5.96. The van der Waals surface area contributed by atoms with Gasteiger partial charge in [0.2, 0.25) is 11.8 Å². The van der Waals surface area contributed by atoms with Crippen molar-refractivity contribution in [2.75, 3.05) is 6.26 Å². The standard InChI is InChI=1S/C15H10Cl2N2O3S/c1-23(20,21)13-5-3-2-4-10(13)15-19-18-14(22-15)9-6-7-11(16)12(17)8-9/h2-8H,1H3. The third-order valence-electron chi connectivity index (χ3n) is 3.11. The van der Waals surface area contributed by atoms with Crippen LogP contribution in [0.15, 0.2) is 51.8 Å². The van der Waals surface area contributed by atoms with Gasteiger partial charge in [0.1, 0.15) is 0 Å². The van der Waals surface area contributed by atoms with Gasteiger partial charge in [0.25, 0.3) is 0 Å². The van der Waals surface area contributed by atoms with Gasteiger partial charge in [-0.2, -0.15) is 0 Å². The van der Waals surface area contributed by atoms with Crippen molar-refractivity contribution in [3.63, 3.8) is 0 Å². The molecule has 0 bridgehead atoms. The molecule has 3 aromatic rings. The number of rotatable bonds is 3. The van der Waals surface area contributed by atoms with Gasteiger partial charge in [0.15, 0.2) is 9.84 Å². The summed E-state index contributed by atoms with van der Waals surface area (Å²) >= 11 is 11.8. The van der Waals surface area contributed by atoms with E-state index in [9.17, 15) is 8.42 Å². The molecule has 2 aromatic carbocycles. The maximum Gasteiger partial charge on any atom is 0.249 e. The van der Waals surface area contributed by atoms with Crippen LogP contribution in [0, 0.1) is 0 Å². The van der Waals surface area contributed by atoms with Gasteiger partial charge in [-0.3, -0.25) is 0 Å². The first kappa shape index (κ1) is 16.0. The Morgan fingerprint density at radius 2 is 1.65 bits per heavy atom. The molecule has 1 aromatic heterocycles. The summed E-state index contributed by atoms with van der Waals surface area (Å²) in [4.78, 5) is 0.129. The Morgan fingerprint density at radius 3 is 2.35 bits per heavy atom. The predicted molar refractivity (Wildman–Crippen MR) is 88.3 cm³/mol. The van der Waals surface area contributed by atoms with E-state index in [0.29, 0.717) is 21.2 Å². The topological polar surface area (TPSA) is 73.1 Å². The van der Waals surface area contributed by atoms with E-state index < -0.39 is 9.84 Å². The van der Waals surface area contributed by atoms with Crippen LogP contribution in [-0.4, -0.2) is 24.9 Å². The first-order valence-corrected chi connectivity index (χ1v) is 9.09. The molecule has 0 fully saturated rings. The highest BCUT2D eigenvalue weighted by Crippen LogP contribution is 2.31. The largest absolute Gasteiger partial charge is 0.416 e. The molecule has 0 spiro atoms. The highest BCUT2D eigenvalue weighted by Gasteiger charge is 2.19. The number of benzene rings is 2. The maximum atomic E-state index is 11.9. The summed E-state index contributed by atoms with van der Waals surface area (Å²) in [5, 5.41) is 8.65. The highest BCUT2D eigenvalue weighted by molar-refractivity contribution is 7.90. The van der Waals surface area contributed by atoms with E-state index >= 15 is 0 Å². The Balaban J connectivity index is 2.08. The molecule has 3 rings (SSSR count). The summed E-state index contributed by atoms with van der Waals surface area (Å²) in [6.45, 7) is 0. The molecular formula is C15H10Cl2N2O3S. The Labute approximate surface area is 142 Å². The molecule has 0 amide bonds. The van der Waals surface area contributed by atoms with Gasteiger partial charge in [-0.05, 0) is 30.3 Å². The fraction of sp³-hybridized carbons (Fsp3) is 0.0667. The first-order valence-electron chi connectivity index (χ1n) is 6.44.